The standard InChI is InChI=1S/C58H97NO9Si/c1-9-12-15-16-17-18-19-20-23-32-49(66-52(61)33-26-24-30-47-39-35-45(36-40-47)28-21-13-10-2)43-51(60)59-54-56(55(63)50(67-57(54)64)44-65-69(7,8)58(4,5)6)68-53(62)34-27-25-31-48-41-37-46(38-42-48)29-22-14-11-3/h35-42,49-50,54-57,63-64H,9-34,43-44H2,1-8H3,(H,59,60)/t49-,50+,54+,55+,56+,57+/m0/s1. The number of hydrogen-bond donors (Lipinski definition) is 3. The van der Waals surface area contributed by atoms with Crippen molar-refractivity contribution in [1.29, 1.82) is 0 Å². The van der Waals surface area contributed by atoms with Gasteiger partial charge in [0.1, 0.15) is 24.4 Å². The summed E-state index contributed by atoms with van der Waals surface area (Å²) in [4.78, 5) is 40.7. The number of unbranched alkanes of at least 4 members (excludes halogenated alkanes) is 14. The quantitative estimate of drug-likeness (QED) is 0.0346. The lowest BCUT2D eigenvalue weighted by molar-refractivity contribution is -0.258. The Kier molecular flexibility index (Phi) is 29.3. The minimum Gasteiger partial charge on any atom is -0.462 e. The molecule has 11 heteroatoms. The molecular formula is C58H97NO9Si. The number of carbonyl (C=O) groups excluding carboxylic acids is 3. The Labute approximate surface area is 420 Å². The van der Waals surface area contributed by atoms with E-state index < -0.39 is 56.9 Å². The number of amides is 1. The molecule has 2 aromatic carbocycles. The number of esters is 2. The maximum Gasteiger partial charge on any atom is 0.306 e. The Morgan fingerprint density at radius 2 is 1.04 bits per heavy atom. The van der Waals surface area contributed by atoms with Crippen LogP contribution in [0, 0.1) is 0 Å². The van der Waals surface area contributed by atoms with Gasteiger partial charge in [-0.05, 0) is 117 Å². The van der Waals surface area contributed by atoms with Gasteiger partial charge >= 0.3 is 11.9 Å². The predicted molar refractivity (Wildman–Crippen MR) is 283 cm³/mol. The van der Waals surface area contributed by atoms with E-state index >= 15 is 0 Å². The van der Waals surface area contributed by atoms with Crippen LogP contribution in [0.25, 0.3) is 0 Å². The van der Waals surface area contributed by atoms with Crippen LogP contribution in [-0.2, 0) is 58.7 Å². The van der Waals surface area contributed by atoms with Gasteiger partial charge in [0.2, 0.25) is 5.91 Å². The molecule has 1 heterocycles. The number of rotatable bonds is 36. The molecular weight excluding hydrogens is 883 g/mol. The van der Waals surface area contributed by atoms with E-state index in [1.165, 1.54) is 92.9 Å². The van der Waals surface area contributed by atoms with Crippen molar-refractivity contribution >= 4 is 26.2 Å². The molecule has 0 bridgehead atoms. The first kappa shape index (κ1) is 60.2. The predicted octanol–water partition coefficient (Wildman–Crippen LogP) is 13.0. The number of aliphatic hydroxyl groups is 2. The second-order valence-corrected chi connectivity index (χ2v) is 26.4. The van der Waals surface area contributed by atoms with Crippen LogP contribution in [0.2, 0.25) is 18.1 Å². The topological polar surface area (TPSA) is 141 Å². The van der Waals surface area contributed by atoms with Gasteiger partial charge in [-0.2, -0.15) is 0 Å². The van der Waals surface area contributed by atoms with Gasteiger partial charge < -0.3 is 34.2 Å². The highest BCUT2D eigenvalue weighted by atomic mass is 28.4. The minimum atomic E-state index is -2.28. The van der Waals surface area contributed by atoms with Crippen LogP contribution in [0.15, 0.2) is 48.5 Å². The summed E-state index contributed by atoms with van der Waals surface area (Å²) >= 11 is 0. The summed E-state index contributed by atoms with van der Waals surface area (Å²) in [6.07, 6.45) is 19.1. The number of nitrogens with one attached hydrogen (secondary N) is 1. The molecule has 392 valence electrons. The molecule has 0 radical (unpaired) electrons. The zero-order valence-corrected chi connectivity index (χ0v) is 45.6. The van der Waals surface area contributed by atoms with Crippen molar-refractivity contribution in [3.8, 4) is 0 Å². The molecule has 1 amide bonds. The third-order valence-corrected chi connectivity index (χ3v) is 18.9. The van der Waals surface area contributed by atoms with Crippen LogP contribution in [0.4, 0.5) is 0 Å². The second-order valence-electron chi connectivity index (χ2n) is 21.6. The molecule has 0 spiro atoms. The van der Waals surface area contributed by atoms with Crippen molar-refractivity contribution in [2.45, 2.75) is 270 Å². The highest BCUT2D eigenvalue weighted by Gasteiger charge is 2.49. The molecule has 69 heavy (non-hydrogen) atoms. The molecule has 6 atom stereocenters. The molecule has 2 aromatic rings. The number of benzene rings is 2. The van der Waals surface area contributed by atoms with E-state index in [-0.39, 0.29) is 36.9 Å². The van der Waals surface area contributed by atoms with Crippen LogP contribution in [-0.4, -0.2) is 79.7 Å². The minimum absolute atomic E-state index is 0.0109. The summed E-state index contributed by atoms with van der Waals surface area (Å²) in [6.45, 7) is 17.2. The number of aryl methyl sites for hydroxylation is 4. The van der Waals surface area contributed by atoms with E-state index in [2.05, 4.69) is 108 Å². The van der Waals surface area contributed by atoms with Gasteiger partial charge in [-0.15, -0.1) is 0 Å². The molecule has 3 rings (SSSR count). The maximum absolute atomic E-state index is 13.9. The highest BCUT2D eigenvalue weighted by molar-refractivity contribution is 6.74. The first-order valence-corrected chi connectivity index (χ1v) is 30.5. The van der Waals surface area contributed by atoms with Gasteiger partial charge in [-0.25, -0.2) is 0 Å². The van der Waals surface area contributed by atoms with Crippen molar-refractivity contribution in [3.63, 3.8) is 0 Å². The van der Waals surface area contributed by atoms with Gasteiger partial charge in [0.05, 0.1) is 13.0 Å². The lowest BCUT2D eigenvalue weighted by atomic mass is 9.96. The van der Waals surface area contributed by atoms with Crippen LogP contribution in [0.5, 0.6) is 0 Å². The summed E-state index contributed by atoms with van der Waals surface area (Å²) < 4.78 is 24.3. The molecule has 0 saturated carbocycles. The molecule has 1 aliphatic heterocycles. The first-order chi connectivity index (χ1) is 33.1. The average Bonchev–Trinajstić information content (AvgIpc) is 3.31. The molecule has 1 aliphatic rings. The third-order valence-electron chi connectivity index (χ3n) is 14.4. The Morgan fingerprint density at radius 1 is 0.623 bits per heavy atom. The smallest absolute Gasteiger partial charge is 0.306 e. The van der Waals surface area contributed by atoms with Crippen molar-refractivity contribution in [1.82, 2.24) is 5.32 Å². The summed E-state index contributed by atoms with van der Waals surface area (Å²) in [7, 11) is -2.28. The third kappa shape index (κ3) is 24.3. The molecule has 1 saturated heterocycles. The van der Waals surface area contributed by atoms with Crippen LogP contribution in [0.1, 0.15) is 211 Å². The zero-order chi connectivity index (χ0) is 50.5. The summed E-state index contributed by atoms with van der Waals surface area (Å²) in [6, 6.07) is 16.3. The maximum atomic E-state index is 13.9. The summed E-state index contributed by atoms with van der Waals surface area (Å²) in [5.74, 6) is -1.35. The van der Waals surface area contributed by atoms with E-state index in [0.717, 1.165) is 64.2 Å². The summed E-state index contributed by atoms with van der Waals surface area (Å²) in [5, 5.41) is 25.9. The van der Waals surface area contributed by atoms with E-state index in [9.17, 15) is 24.6 Å². The van der Waals surface area contributed by atoms with Gasteiger partial charge in [-0.3, -0.25) is 14.4 Å². The Morgan fingerprint density at radius 3 is 1.51 bits per heavy atom. The highest BCUT2D eigenvalue weighted by Crippen LogP contribution is 2.37. The Bertz CT molecular complexity index is 1690. The summed E-state index contributed by atoms with van der Waals surface area (Å²) in [5.41, 5.74) is 5.18. The van der Waals surface area contributed by atoms with Crippen molar-refractivity contribution in [3.05, 3.63) is 70.8 Å². The average molecular weight is 980 g/mol. The van der Waals surface area contributed by atoms with Crippen LogP contribution >= 0.6 is 0 Å². The normalized spacial score (nSPS) is 19.0. The lowest BCUT2D eigenvalue weighted by Crippen LogP contribution is -2.66. The van der Waals surface area contributed by atoms with Gasteiger partial charge in [0, 0.05) is 12.8 Å². The fourth-order valence-electron chi connectivity index (χ4n) is 8.76. The zero-order valence-electron chi connectivity index (χ0n) is 44.6. The van der Waals surface area contributed by atoms with Crippen molar-refractivity contribution in [2.75, 3.05) is 6.61 Å². The van der Waals surface area contributed by atoms with E-state index in [1.807, 2.05) is 0 Å². The molecule has 10 nitrogen and oxygen atoms in total. The number of ether oxygens (including phenoxy) is 3. The SMILES string of the molecule is CCCCCCCCCCC[C@@H](CC(=O)N[C@@H]1[C@@H](OC(=O)CCCCc2ccc(CCCCC)cc2)[C@H](O)[C@@H](CO[Si](C)(C)C(C)(C)C)O[C@H]1O)OC(=O)CCCCc1ccc(CCCCC)cc1. The van der Waals surface area contributed by atoms with Gasteiger partial charge in [-0.1, -0.05) is 167 Å². The molecule has 0 aliphatic carbocycles. The molecule has 1 fully saturated rings. The number of carbonyl (C=O) groups is 3. The fraction of sp³-hybridized carbons (Fsp3) is 0.741. The monoisotopic (exact) mass is 980 g/mol. The first-order valence-electron chi connectivity index (χ1n) is 27.6. The van der Waals surface area contributed by atoms with Crippen molar-refractivity contribution < 1.29 is 43.2 Å². The van der Waals surface area contributed by atoms with Gasteiger partial charge in [0.15, 0.2) is 20.7 Å². The molecule has 3 N–H and O–H groups in total. The van der Waals surface area contributed by atoms with E-state index in [0.29, 0.717) is 19.3 Å². The van der Waals surface area contributed by atoms with Crippen LogP contribution in [0.3, 0.4) is 0 Å². The van der Waals surface area contributed by atoms with Gasteiger partial charge in [0.25, 0.3) is 0 Å². The molecule has 0 aromatic heterocycles. The second kappa shape index (κ2) is 33.5. The largest absolute Gasteiger partial charge is 0.462 e. The fourth-order valence-corrected chi connectivity index (χ4v) is 9.78. The molecule has 0 unspecified atom stereocenters. The Balaban J connectivity index is 1.65. The van der Waals surface area contributed by atoms with Crippen LogP contribution < -0.4 is 5.32 Å². The van der Waals surface area contributed by atoms with Crippen molar-refractivity contribution in [2.24, 2.45) is 0 Å². The van der Waals surface area contributed by atoms with E-state index in [1.54, 1.807) is 0 Å². The number of hydrogen-bond acceptors (Lipinski definition) is 9. The lowest BCUT2D eigenvalue weighted by Gasteiger charge is -2.44. The number of aliphatic hydroxyl groups excluding tert-OH is 2. The van der Waals surface area contributed by atoms with E-state index in [4.69, 9.17) is 18.6 Å². The Hall–Kier alpha value is -3.09.